The molecule has 1 aromatic rings. The van der Waals surface area contributed by atoms with Gasteiger partial charge in [-0.05, 0) is 18.7 Å². The summed E-state index contributed by atoms with van der Waals surface area (Å²) in [6.07, 6.45) is 0. The number of nitrogens with one attached hydrogen (secondary N) is 1. The molecule has 0 saturated carbocycles. The minimum absolute atomic E-state index is 0.0111. The highest BCUT2D eigenvalue weighted by Crippen LogP contribution is 2.19. The van der Waals surface area contributed by atoms with E-state index in [4.69, 9.17) is 9.84 Å². The van der Waals surface area contributed by atoms with Gasteiger partial charge in [-0.1, -0.05) is 13.0 Å². The third-order valence-corrected chi connectivity index (χ3v) is 2.50. The van der Waals surface area contributed by atoms with E-state index in [1.165, 1.54) is 0 Å². The van der Waals surface area contributed by atoms with Crippen LogP contribution in [0.1, 0.15) is 6.92 Å². The highest BCUT2D eigenvalue weighted by atomic mass is 16.5. The SMILES string of the molecule is CCNC(CO)COc1cccc(N(C)C)c1. The fourth-order valence-corrected chi connectivity index (χ4v) is 1.51. The quantitative estimate of drug-likeness (QED) is 0.747. The number of nitrogens with zero attached hydrogens (tertiary/aromatic N) is 1. The molecule has 0 bridgehead atoms. The summed E-state index contributed by atoms with van der Waals surface area (Å²) in [6.45, 7) is 3.39. The lowest BCUT2D eigenvalue weighted by molar-refractivity contribution is 0.184. The molecule has 0 radical (unpaired) electrons. The number of hydrogen-bond donors (Lipinski definition) is 2. The van der Waals surface area contributed by atoms with Crippen LogP contribution in [-0.2, 0) is 0 Å². The molecule has 0 fully saturated rings. The number of ether oxygens (including phenoxy) is 1. The van der Waals surface area contributed by atoms with Gasteiger partial charge >= 0.3 is 0 Å². The number of rotatable bonds is 7. The molecule has 0 spiro atoms. The third-order valence-electron chi connectivity index (χ3n) is 2.50. The molecule has 0 heterocycles. The van der Waals surface area contributed by atoms with Gasteiger partial charge in [-0.15, -0.1) is 0 Å². The summed E-state index contributed by atoms with van der Waals surface area (Å²) < 4.78 is 5.65. The van der Waals surface area contributed by atoms with Crippen LogP contribution in [-0.4, -0.2) is 45.0 Å². The van der Waals surface area contributed by atoms with E-state index in [9.17, 15) is 0 Å². The fraction of sp³-hybridized carbons (Fsp3) is 0.538. The Kier molecular flexibility index (Phi) is 5.80. The summed E-state index contributed by atoms with van der Waals surface area (Å²) >= 11 is 0. The molecule has 1 aromatic carbocycles. The van der Waals surface area contributed by atoms with Crippen LogP contribution in [0.25, 0.3) is 0 Å². The summed E-state index contributed by atoms with van der Waals surface area (Å²) in [5.41, 5.74) is 1.10. The molecule has 2 N–H and O–H groups in total. The minimum atomic E-state index is -0.0111. The van der Waals surface area contributed by atoms with Gasteiger partial charge in [0.25, 0.3) is 0 Å². The molecule has 17 heavy (non-hydrogen) atoms. The standard InChI is InChI=1S/C13H22N2O2/c1-4-14-11(9-16)10-17-13-7-5-6-12(8-13)15(2)3/h5-8,11,14,16H,4,9-10H2,1-3H3. The number of hydrogen-bond acceptors (Lipinski definition) is 4. The first-order valence-corrected chi connectivity index (χ1v) is 5.91. The Bertz CT molecular complexity index is 329. The van der Waals surface area contributed by atoms with Crippen LogP contribution in [0.5, 0.6) is 5.75 Å². The van der Waals surface area contributed by atoms with Gasteiger partial charge in [0.2, 0.25) is 0 Å². The van der Waals surface area contributed by atoms with Gasteiger partial charge in [0.15, 0.2) is 0 Å². The van der Waals surface area contributed by atoms with Crippen LogP contribution in [0.2, 0.25) is 0 Å². The van der Waals surface area contributed by atoms with Crippen molar-refractivity contribution < 1.29 is 9.84 Å². The van der Waals surface area contributed by atoms with Gasteiger partial charge in [0, 0.05) is 25.8 Å². The largest absolute Gasteiger partial charge is 0.492 e. The van der Waals surface area contributed by atoms with Crippen LogP contribution in [0, 0.1) is 0 Å². The first-order chi connectivity index (χ1) is 8.17. The molecule has 4 heteroatoms. The van der Waals surface area contributed by atoms with Crippen molar-refractivity contribution >= 4 is 5.69 Å². The zero-order chi connectivity index (χ0) is 12.7. The average molecular weight is 238 g/mol. The van der Waals surface area contributed by atoms with Gasteiger partial charge in [0.1, 0.15) is 12.4 Å². The highest BCUT2D eigenvalue weighted by molar-refractivity contribution is 5.49. The maximum atomic E-state index is 9.13. The van der Waals surface area contributed by atoms with Crippen molar-refractivity contribution in [2.45, 2.75) is 13.0 Å². The summed E-state index contributed by atoms with van der Waals surface area (Å²) in [6, 6.07) is 7.89. The number of aliphatic hydroxyl groups excluding tert-OH is 1. The van der Waals surface area contributed by atoms with E-state index in [2.05, 4.69) is 5.32 Å². The molecule has 1 rings (SSSR count). The monoisotopic (exact) mass is 238 g/mol. The molecule has 0 saturated heterocycles. The van der Waals surface area contributed by atoms with Gasteiger partial charge < -0.3 is 20.1 Å². The average Bonchev–Trinajstić information content (AvgIpc) is 2.34. The van der Waals surface area contributed by atoms with E-state index < -0.39 is 0 Å². The zero-order valence-corrected chi connectivity index (χ0v) is 10.8. The van der Waals surface area contributed by atoms with Gasteiger partial charge in [-0.3, -0.25) is 0 Å². The van der Waals surface area contributed by atoms with Crippen molar-refractivity contribution in [3.05, 3.63) is 24.3 Å². The Morgan fingerprint density at radius 3 is 2.76 bits per heavy atom. The molecule has 1 unspecified atom stereocenters. The van der Waals surface area contributed by atoms with Crippen LogP contribution in [0.15, 0.2) is 24.3 Å². The van der Waals surface area contributed by atoms with Crippen LogP contribution in [0.3, 0.4) is 0 Å². The Morgan fingerprint density at radius 2 is 2.18 bits per heavy atom. The van der Waals surface area contributed by atoms with Crippen molar-refractivity contribution in [3.8, 4) is 5.75 Å². The van der Waals surface area contributed by atoms with E-state index in [0.29, 0.717) is 6.61 Å². The lowest BCUT2D eigenvalue weighted by atomic mass is 10.3. The van der Waals surface area contributed by atoms with Gasteiger partial charge in [0.05, 0.1) is 12.6 Å². The van der Waals surface area contributed by atoms with E-state index in [0.717, 1.165) is 18.0 Å². The minimum Gasteiger partial charge on any atom is -0.492 e. The van der Waals surface area contributed by atoms with Crippen LogP contribution >= 0.6 is 0 Å². The van der Waals surface area contributed by atoms with Crippen molar-refractivity contribution in [1.29, 1.82) is 0 Å². The molecule has 1 atom stereocenters. The number of aliphatic hydroxyl groups is 1. The van der Waals surface area contributed by atoms with E-state index >= 15 is 0 Å². The molecule has 0 amide bonds. The maximum absolute atomic E-state index is 9.13. The Balaban J connectivity index is 2.53. The molecule has 0 aliphatic heterocycles. The lowest BCUT2D eigenvalue weighted by Gasteiger charge is -2.17. The third kappa shape index (κ3) is 4.63. The number of anilines is 1. The van der Waals surface area contributed by atoms with E-state index in [1.807, 2.05) is 50.2 Å². The number of likely N-dealkylation sites (N-methyl/N-ethyl adjacent to an activating group) is 1. The molecule has 96 valence electrons. The van der Waals surface area contributed by atoms with Crippen molar-refractivity contribution in [2.24, 2.45) is 0 Å². The predicted molar refractivity (Wildman–Crippen MR) is 70.8 cm³/mol. The van der Waals surface area contributed by atoms with E-state index in [-0.39, 0.29) is 12.6 Å². The zero-order valence-electron chi connectivity index (χ0n) is 10.8. The highest BCUT2D eigenvalue weighted by Gasteiger charge is 2.06. The molecule has 0 aromatic heterocycles. The second-order valence-electron chi connectivity index (χ2n) is 4.14. The molecular weight excluding hydrogens is 216 g/mol. The summed E-state index contributed by atoms with van der Waals surface area (Å²) in [5, 5.41) is 12.3. The van der Waals surface area contributed by atoms with Gasteiger partial charge in [-0.2, -0.15) is 0 Å². The molecule has 4 nitrogen and oxygen atoms in total. The van der Waals surface area contributed by atoms with Crippen LogP contribution in [0.4, 0.5) is 5.69 Å². The number of benzene rings is 1. The second-order valence-corrected chi connectivity index (χ2v) is 4.14. The lowest BCUT2D eigenvalue weighted by Crippen LogP contribution is -2.37. The second kappa shape index (κ2) is 7.14. The Labute approximate surface area is 103 Å². The normalized spacial score (nSPS) is 12.2. The summed E-state index contributed by atoms with van der Waals surface area (Å²) in [4.78, 5) is 2.03. The predicted octanol–water partition coefficient (Wildman–Crippen LogP) is 1.10. The molecule has 0 aliphatic carbocycles. The topological polar surface area (TPSA) is 44.7 Å². The van der Waals surface area contributed by atoms with Crippen LogP contribution < -0.4 is 15.0 Å². The Hall–Kier alpha value is -1.26. The first kappa shape index (κ1) is 13.8. The maximum Gasteiger partial charge on any atom is 0.121 e. The van der Waals surface area contributed by atoms with E-state index in [1.54, 1.807) is 0 Å². The Morgan fingerprint density at radius 1 is 1.41 bits per heavy atom. The van der Waals surface area contributed by atoms with Gasteiger partial charge in [-0.25, -0.2) is 0 Å². The smallest absolute Gasteiger partial charge is 0.121 e. The first-order valence-electron chi connectivity index (χ1n) is 5.91. The summed E-state index contributed by atoms with van der Waals surface area (Å²) in [5.74, 6) is 0.826. The van der Waals surface area contributed by atoms with Crippen molar-refractivity contribution in [3.63, 3.8) is 0 Å². The van der Waals surface area contributed by atoms with Crippen molar-refractivity contribution in [1.82, 2.24) is 5.32 Å². The summed E-state index contributed by atoms with van der Waals surface area (Å²) in [7, 11) is 3.99. The fourth-order valence-electron chi connectivity index (χ4n) is 1.51. The molecule has 0 aliphatic rings. The van der Waals surface area contributed by atoms with Crippen molar-refractivity contribution in [2.75, 3.05) is 38.8 Å². The molecular formula is C13H22N2O2.